The van der Waals surface area contributed by atoms with E-state index in [1.54, 1.807) is 0 Å². The summed E-state index contributed by atoms with van der Waals surface area (Å²) in [4.78, 5) is 15.0. The molecule has 3 aromatic rings. The lowest BCUT2D eigenvalue weighted by Crippen LogP contribution is -2.45. The molecule has 0 bridgehead atoms. The Kier molecular flexibility index (Phi) is 3.76. The smallest absolute Gasteiger partial charge is 0.254 e. The summed E-state index contributed by atoms with van der Waals surface area (Å²) in [5.41, 5.74) is 3.30. The van der Waals surface area contributed by atoms with E-state index >= 15 is 0 Å². The first kappa shape index (κ1) is 14.9. The molecular formula is C17H20N6O. The van der Waals surface area contributed by atoms with Gasteiger partial charge in [-0.15, -0.1) is 0 Å². The van der Waals surface area contributed by atoms with E-state index in [0.29, 0.717) is 5.56 Å². The van der Waals surface area contributed by atoms with Crippen molar-refractivity contribution in [2.45, 2.75) is 38.8 Å². The van der Waals surface area contributed by atoms with Gasteiger partial charge in [-0.1, -0.05) is 0 Å². The first-order valence-corrected chi connectivity index (χ1v) is 8.31. The zero-order valence-electron chi connectivity index (χ0n) is 13.6. The fraction of sp³-hybridized carbons (Fsp3) is 0.412. The van der Waals surface area contributed by atoms with Crippen molar-refractivity contribution in [2.24, 2.45) is 0 Å². The molecule has 1 aromatic carbocycles. The lowest BCUT2D eigenvalue weighted by atomic mass is 10.0. The average molecular weight is 324 g/mol. The summed E-state index contributed by atoms with van der Waals surface area (Å²) >= 11 is 0. The minimum absolute atomic E-state index is 0.0634. The van der Waals surface area contributed by atoms with Crippen LogP contribution in [0.25, 0.3) is 11.0 Å². The van der Waals surface area contributed by atoms with Crippen LogP contribution in [0.3, 0.4) is 0 Å². The van der Waals surface area contributed by atoms with Crippen LogP contribution in [0.2, 0.25) is 0 Å². The number of aromatic nitrogens is 5. The highest BCUT2D eigenvalue weighted by molar-refractivity contribution is 5.97. The lowest BCUT2D eigenvalue weighted by molar-refractivity contribution is 0.0584. The van der Waals surface area contributed by atoms with Crippen molar-refractivity contribution in [3.63, 3.8) is 0 Å². The Hall–Kier alpha value is -2.70. The van der Waals surface area contributed by atoms with E-state index in [9.17, 15) is 4.79 Å². The molecule has 7 heteroatoms. The highest BCUT2D eigenvalue weighted by Gasteiger charge is 2.28. The number of hydrogen-bond donors (Lipinski definition) is 1. The molecular weight excluding hydrogens is 304 g/mol. The number of likely N-dealkylation sites (tertiary alicyclic amines) is 1. The van der Waals surface area contributed by atoms with Gasteiger partial charge in [0.05, 0.1) is 18.8 Å². The highest BCUT2D eigenvalue weighted by Crippen LogP contribution is 2.22. The van der Waals surface area contributed by atoms with Crippen LogP contribution in [0.1, 0.15) is 35.2 Å². The van der Waals surface area contributed by atoms with Gasteiger partial charge in [0.15, 0.2) is 0 Å². The van der Waals surface area contributed by atoms with E-state index in [-0.39, 0.29) is 11.9 Å². The largest absolute Gasteiger partial charge is 0.334 e. The van der Waals surface area contributed by atoms with Gasteiger partial charge in [-0.05, 0) is 49.9 Å². The second-order valence-corrected chi connectivity index (χ2v) is 6.41. The average Bonchev–Trinajstić information content (AvgIpc) is 3.22. The molecule has 3 heterocycles. The summed E-state index contributed by atoms with van der Waals surface area (Å²) in [6, 6.07) is 5.66. The number of hydrogen-bond acceptors (Lipinski definition) is 4. The Balaban J connectivity index is 1.57. The maximum Gasteiger partial charge on any atom is 0.254 e. The van der Waals surface area contributed by atoms with Gasteiger partial charge in [0, 0.05) is 18.3 Å². The van der Waals surface area contributed by atoms with Crippen molar-refractivity contribution >= 4 is 16.9 Å². The number of aromatic amines is 1. The minimum atomic E-state index is 0.0634. The molecule has 1 atom stereocenters. The van der Waals surface area contributed by atoms with Crippen LogP contribution in [0.15, 0.2) is 30.6 Å². The maximum absolute atomic E-state index is 13.0. The molecule has 1 aliphatic rings. The molecule has 124 valence electrons. The number of nitrogens with one attached hydrogen (secondary N) is 1. The normalized spacial score (nSPS) is 18.2. The van der Waals surface area contributed by atoms with Gasteiger partial charge in [0.1, 0.15) is 11.0 Å². The fourth-order valence-corrected chi connectivity index (χ4v) is 3.38. The third kappa shape index (κ3) is 2.77. The van der Waals surface area contributed by atoms with E-state index in [2.05, 4.69) is 20.5 Å². The highest BCUT2D eigenvalue weighted by atomic mass is 16.2. The predicted octanol–water partition coefficient (Wildman–Crippen LogP) is 2.16. The van der Waals surface area contributed by atoms with Crippen LogP contribution in [0.5, 0.6) is 0 Å². The monoisotopic (exact) mass is 324 g/mol. The third-order valence-corrected chi connectivity index (χ3v) is 4.61. The van der Waals surface area contributed by atoms with Crippen LogP contribution >= 0.6 is 0 Å². The molecule has 4 rings (SSSR count). The van der Waals surface area contributed by atoms with Crippen molar-refractivity contribution in [3.05, 3.63) is 41.7 Å². The van der Waals surface area contributed by atoms with Gasteiger partial charge < -0.3 is 4.90 Å². The molecule has 1 saturated heterocycles. The topological polar surface area (TPSA) is 79.7 Å². The standard InChI is InChI=1S/C17H20N6O/c1-12-9-18-22(10-12)11-14-4-2-3-7-23(14)17(24)13-5-6-15-16(8-13)20-21-19-15/h5-6,8-10,14H,2-4,7,11H2,1H3,(H,19,20,21)/t14-/m1/s1. The van der Waals surface area contributed by atoms with E-state index in [0.717, 1.165) is 48.9 Å². The summed E-state index contributed by atoms with van der Waals surface area (Å²) in [5.74, 6) is 0.0634. The molecule has 1 N–H and O–H groups in total. The lowest BCUT2D eigenvalue weighted by Gasteiger charge is -2.35. The number of nitrogens with zero attached hydrogens (tertiary/aromatic N) is 5. The quantitative estimate of drug-likeness (QED) is 0.800. The van der Waals surface area contributed by atoms with E-state index in [4.69, 9.17) is 0 Å². The van der Waals surface area contributed by atoms with E-state index in [1.165, 1.54) is 0 Å². The molecule has 0 radical (unpaired) electrons. The molecule has 0 saturated carbocycles. The zero-order valence-corrected chi connectivity index (χ0v) is 13.6. The van der Waals surface area contributed by atoms with Crippen LogP contribution in [0.4, 0.5) is 0 Å². The van der Waals surface area contributed by atoms with Crippen molar-refractivity contribution in [1.29, 1.82) is 0 Å². The van der Waals surface area contributed by atoms with Crippen LogP contribution in [-0.2, 0) is 6.54 Å². The molecule has 0 spiro atoms. The van der Waals surface area contributed by atoms with Gasteiger partial charge in [0.25, 0.3) is 5.91 Å². The second-order valence-electron chi connectivity index (χ2n) is 6.41. The third-order valence-electron chi connectivity index (χ3n) is 4.61. The second kappa shape index (κ2) is 6.07. The number of carbonyl (C=O) groups is 1. The maximum atomic E-state index is 13.0. The predicted molar refractivity (Wildman–Crippen MR) is 89.5 cm³/mol. The van der Waals surface area contributed by atoms with Crippen LogP contribution < -0.4 is 0 Å². The number of benzene rings is 1. The summed E-state index contributed by atoms with van der Waals surface area (Å²) in [5, 5.41) is 15.1. The van der Waals surface area contributed by atoms with Gasteiger partial charge in [0.2, 0.25) is 0 Å². The summed E-state index contributed by atoms with van der Waals surface area (Å²) in [6.07, 6.45) is 7.09. The number of carbonyl (C=O) groups excluding carboxylic acids is 1. The number of H-pyrrole nitrogens is 1. The van der Waals surface area contributed by atoms with Crippen LogP contribution in [-0.4, -0.2) is 48.6 Å². The molecule has 0 unspecified atom stereocenters. The molecule has 1 amide bonds. The van der Waals surface area contributed by atoms with Gasteiger partial charge in [-0.25, -0.2) is 0 Å². The number of piperidine rings is 1. The first-order valence-electron chi connectivity index (χ1n) is 8.31. The number of fused-ring (bicyclic) bond motifs is 1. The Morgan fingerprint density at radius 1 is 1.29 bits per heavy atom. The van der Waals surface area contributed by atoms with Crippen molar-refractivity contribution in [3.8, 4) is 0 Å². The first-order chi connectivity index (χ1) is 11.7. The Morgan fingerprint density at radius 3 is 3.00 bits per heavy atom. The van der Waals surface area contributed by atoms with Crippen molar-refractivity contribution < 1.29 is 4.79 Å². The SMILES string of the molecule is Cc1cnn(C[C@H]2CCCCN2C(=O)c2ccc3n[nH]nc3c2)c1. The fourth-order valence-electron chi connectivity index (χ4n) is 3.38. The van der Waals surface area contributed by atoms with Crippen molar-refractivity contribution in [1.82, 2.24) is 30.1 Å². The Bertz CT molecular complexity index is 867. The molecule has 1 aliphatic heterocycles. The summed E-state index contributed by atoms with van der Waals surface area (Å²) in [6.45, 7) is 3.56. The van der Waals surface area contributed by atoms with Gasteiger partial charge in [-0.2, -0.15) is 20.5 Å². The number of rotatable bonds is 3. The summed E-state index contributed by atoms with van der Waals surface area (Å²) in [7, 11) is 0. The molecule has 1 fully saturated rings. The molecule has 0 aliphatic carbocycles. The van der Waals surface area contributed by atoms with Gasteiger partial charge in [-0.3, -0.25) is 9.48 Å². The number of aryl methyl sites for hydroxylation is 1. The minimum Gasteiger partial charge on any atom is -0.334 e. The van der Waals surface area contributed by atoms with Gasteiger partial charge >= 0.3 is 0 Å². The number of amides is 1. The van der Waals surface area contributed by atoms with Crippen LogP contribution in [0, 0.1) is 6.92 Å². The van der Waals surface area contributed by atoms with E-state index < -0.39 is 0 Å². The molecule has 24 heavy (non-hydrogen) atoms. The Morgan fingerprint density at radius 2 is 2.17 bits per heavy atom. The Labute approximate surface area is 139 Å². The molecule has 2 aromatic heterocycles. The van der Waals surface area contributed by atoms with E-state index in [1.807, 2.05) is 47.1 Å². The zero-order chi connectivity index (χ0) is 16.5. The summed E-state index contributed by atoms with van der Waals surface area (Å²) < 4.78 is 1.94. The van der Waals surface area contributed by atoms with Crippen molar-refractivity contribution in [2.75, 3.05) is 6.54 Å². The molecule has 7 nitrogen and oxygen atoms in total.